The van der Waals surface area contributed by atoms with Crippen LogP contribution in [0.1, 0.15) is 41.7 Å². The van der Waals surface area contributed by atoms with E-state index in [2.05, 4.69) is 10.5 Å². The second-order valence-corrected chi connectivity index (χ2v) is 6.12. The van der Waals surface area contributed by atoms with Gasteiger partial charge in [0.1, 0.15) is 0 Å². The summed E-state index contributed by atoms with van der Waals surface area (Å²) in [5.41, 5.74) is 1.25. The number of benzene rings is 1. The average Bonchev–Trinajstić information content (AvgIpc) is 2.93. The average molecular weight is 371 g/mol. The third kappa shape index (κ3) is 4.49. The molecule has 1 amide bonds. The molecule has 1 aromatic carbocycles. The zero-order valence-corrected chi connectivity index (χ0v) is 14.8. The number of carbonyl (C=O) groups is 2. The Morgan fingerprint density at radius 3 is 2.54 bits per heavy atom. The van der Waals surface area contributed by atoms with Gasteiger partial charge in [-0.05, 0) is 38.5 Å². The van der Waals surface area contributed by atoms with Crippen molar-refractivity contribution in [3.63, 3.8) is 0 Å². The largest absolute Gasteiger partial charge is 0.447 e. The molecule has 0 bridgehead atoms. The number of hydrogen-bond acceptors (Lipinski definition) is 5. The van der Waals surface area contributed by atoms with Gasteiger partial charge in [-0.2, -0.15) is 0 Å². The van der Waals surface area contributed by atoms with Gasteiger partial charge in [0.15, 0.2) is 6.10 Å². The molecule has 0 fully saturated rings. The van der Waals surface area contributed by atoms with Crippen molar-refractivity contribution >= 4 is 35.1 Å². The summed E-state index contributed by atoms with van der Waals surface area (Å²) in [6.07, 6.45) is -1.00. The fraction of sp³-hybridized carbons (Fsp3) is 0.312. The molecule has 0 aliphatic heterocycles. The number of nitrogens with one attached hydrogen (secondary N) is 1. The van der Waals surface area contributed by atoms with Crippen molar-refractivity contribution in [2.24, 2.45) is 0 Å². The predicted molar refractivity (Wildman–Crippen MR) is 89.1 cm³/mol. The van der Waals surface area contributed by atoms with Gasteiger partial charge in [0.05, 0.1) is 11.7 Å². The standard InChI is InChI=1S/C16H16Cl2N2O4/c1-8-6-14(24-20-8)16(22)23-10(3)15(21)19-9(2)12-5-4-11(17)7-13(12)18/h4-7,9-10H,1-3H3,(H,19,21)/t9-,10+/m0/s1. The molecule has 2 aromatic rings. The van der Waals surface area contributed by atoms with Gasteiger partial charge in [0.2, 0.25) is 5.76 Å². The smallest absolute Gasteiger partial charge is 0.377 e. The summed E-state index contributed by atoms with van der Waals surface area (Å²) < 4.78 is 9.86. The van der Waals surface area contributed by atoms with E-state index in [1.807, 2.05) is 0 Å². The Morgan fingerprint density at radius 1 is 1.25 bits per heavy atom. The van der Waals surface area contributed by atoms with Crippen LogP contribution in [-0.2, 0) is 9.53 Å². The van der Waals surface area contributed by atoms with Crippen LogP contribution in [0, 0.1) is 6.92 Å². The lowest BCUT2D eigenvalue weighted by molar-refractivity contribution is -0.129. The molecule has 1 N–H and O–H groups in total. The van der Waals surface area contributed by atoms with Crippen molar-refractivity contribution in [1.29, 1.82) is 0 Å². The maximum Gasteiger partial charge on any atom is 0.377 e. The first-order valence-corrected chi connectivity index (χ1v) is 7.93. The van der Waals surface area contributed by atoms with Crippen LogP contribution in [0.3, 0.4) is 0 Å². The molecule has 1 heterocycles. The minimum atomic E-state index is -1.00. The first-order valence-electron chi connectivity index (χ1n) is 7.17. The molecule has 0 radical (unpaired) electrons. The lowest BCUT2D eigenvalue weighted by atomic mass is 10.1. The highest BCUT2D eigenvalue weighted by atomic mass is 35.5. The fourth-order valence-electron chi connectivity index (χ4n) is 1.99. The lowest BCUT2D eigenvalue weighted by Crippen LogP contribution is -2.37. The van der Waals surface area contributed by atoms with E-state index in [4.69, 9.17) is 32.5 Å². The zero-order chi connectivity index (χ0) is 17.9. The van der Waals surface area contributed by atoms with Crippen LogP contribution < -0.4 is 5.32 Å². The van der Waals surface area contributed by atoms with E-state index in [9.17, 15) is 9.59 Å². The Hall–Kier alpha value is -2.05. The number of esters is 1. The molecule has 0 saturated carbocycles. The number of aromatic nitrogens is 1. The van der Waals surface area contributed by atoms with Crippen molar-refractivity contribution in [3.05, 3.63) is 51.3 Å². The number of aryl methyl sites for hydroxylation is 1. The number of hydrogen-bond donors (Lipinski definition) is 1. The molecule has 0 saturated heterocycles. The molecule has 0 aliphatic rings. The minimum absolute atomic E-state index is 0.0547. The first kappa shape index (κ1) is 18.3. The Bertz CT molecular complexity index is 760. The number of nitrogens with zero attached hydrogens (tertiary/aromatic N) is 1. The normalized spacial score (nSPS) is 13.2. The van der Waals surface area contributed by atoms with Gasteiger partial charge in [-0.15, -0.1) is 0 Å². The molecular weight excluding hydrogens is 355 g/mol. The quantitative estimate of drug-likeness (QED) is 0.811. The van der Waals surface area contributed by atoms with Crippen molar-refractivity contribution in [3.8, 4) is 0 Å². The van der Waals surface area contributed by atoms with Crippen LogP contribution >= 0.6 is 23.2 Å². The third-order valence-corrected chi connectivity index (χ3v) is 3.83. The Labute approximate surface area is 149 Å². The second kappa shape index (κ2) is 7.68. The molecule has 6 nitrogen and oxygen atoms in total. The Balaban J connectivity index is 1.96. The van der Waals surface area contributed by atoms with Gasteiger partial charge in [0, 0.05) is 16.1 Å². The van der Waals surface area contributed by atoms with Crippen molar-refractivity contribution < 1.29 is 18.8 Å². The zero-order valence-electron chi connectivity index (χ0n) is 13.3. The van der Waals surface area contributed by atoms with Gasteiger partial charge in [0.25, 0.3) is 5.91 Å². The Kier molecular flexibility index (Phi) is 5.85. The summed E-state index contributed by atoms with van der Waals surface area (Å²) in [4.78, 5) is 24.0. The van der Waals surface area contributed by atoms with Crippen LogP contribution in [0.2, 0.25) is 10.0 Å². The van der Waals surface area contributed by atoms with Crippen LogP contribution in [0.15, 0.2) is 28.8 Å². The number of amides is 1. The summed E-state index contributed by atoms with van der Waals surface area (Å²) in [5, 5.41) is 7.27. The minimum Gasteiger partial charge on any atom is -0.447 e. The highest BCUT2D eigenvalue weighted by Gasteiger charge is 2.23. The highest BCUT2D eigenvalue weighted by Crippen LogP contribution is 2.26. The molecule has 0 unspecified atom stereocenters. The van der Waals surface area contributed by atoms with E-state index in [1.54, 1.807) is 32.0 Å². The van der Waals surface area contributed by atoms with Gasteiger partial charge in [-0.3, -0.25) is 4.79 Å². The highest BCUT2D eigenvalue weighted by molar-refractivity contribution is 6.35. The van der Waals surface area contributed by atoms with Gasteiger partial charge in [-0.1, -0.05) is 34.4 Å². The number of ether oxygens (including phenoxy) is 1. The van der Waals surface area contributed by atoms with Crippen molar-refractivity contribution in [1.82, 2.24) is 10.5 Å². The van der Waals surface area contributed by atoms with E-state index in [1.165, 1.54) is 13.0 Å². The number of halogens is 2. The summed E-state index contributed by atoms with van der Waals surface area (Å²) in [6, 6.07) is 6.06. The maximum absolute atomic E-state index is 12.2. The monoisotopic (exact) mass is 370 g/mol. The lowest BCUT2D eigenvalue weighted by Gasteiger charge is -2.19. The third-order valence-electron chi connectivity index (χ3n) is 3.27. The van der Waals surface area contributed by atoms with Gasteiger partial charge >= 0.3 is 5.97 Å². The van der Waals surface area contributed by atoms with E-state index in [0.29, 0.717) is 21.3 Å². The summed E-state index contributed by atoms with van der Waals surface area (Å²) in [5.74, 6) is -1.27. The molecule has 8 heteroatoms. The van der Waals surface area contributed by atoms with Gasteiger partial charge < -0.3 is 14.6 Å². The van der Waals surface area contributed by atoms with Crippen LogP contribution in [0.4, 0.5) is 0 Å². The molecule has 2 rings (SSSR count). The van der Waals surface area contributed by atoms with Crippen LogP contribution in [-0.4, -0.2) is 23.1 Å². The van der Waals surface area contributed by atoms with E-state index >= 15 is 0 Å². The molecule has 2 atom stereocenters. The van der Waals surface area contributed by atoms with Gasteiger partial charge in [-0.25, -0.2) is 4.79 Å². The summed E-state index contributed by atoms with van der Waals surface area (Å²) >= 11 is 12.0. The first-order chi connectivity index (χ1) is 11.3. The van der Waals surface area contributed by atoms with E-state index < -0.39 is 18.0 Å². The Morgan fingerprint density at radius 2 is 1.96 bits per heavy atom. The van der Waals surface area contributed by atoms with E-state index in [0.717, 1.165) is 0 Å². The number of rotatable bonds is 5. The van der Waals surface area contributed by atoms with E-state index in [-0.39, 0.29) is 11.8 Å². The predicted octanol–water partition coefficient (Wildman–Crippen LogP) is 3.71. The summed E-state index contributed by atoms with van der Waals surface area (Å²) in [7, 11) is 0. The number of carbonyl (C=O) groups excluding carboxylic acids is 2. The summed E-state index contributed by atoms with van der Waals surface area (Å²) in [6.45, 7) is 4.90. The molecular formula is C16H16Cl2N2O4. The molecule has 0 spiro atoms. The van der Waals surface area contributed by atoms with Crippen molar-refractivity contribution in [2.45, 2.75) is 32.9 Å². The molecule has 0 aliphatic carbocycles. The van der Waals surface area contributed by atoms with Crippen LogP contribution in [0.5, 0.6) is 0 Å². The molecule has 1 aromatic heterocycles. The second-order valence-electron chi connectivity index (χ2n) is 5.28. The molecule has 24 heavy (non-hydrogen) atoms. The topological polar surface area (TPSA) is 81.4 Å². The van der Waals surface area contributed by atoms with Crippen molar-refractivity contribution in [2.75, 3.05) is 0 Å². The molecule has 128 valence electrons. The SMILES string of the molecule is Cc1cc(C(=O)O[C@H](C)C(=O)N[C@@H](C)c2ccc(Cl)cc2Cl)on1. The fourth-order valence-corrected chi connectivity index (χ4v) is 2.57. The maximum atomic E-state index is 12.2. The van der Waals surface area contributed by atoms with Crippen LogP contribution in [0.25, 0.3) is 0 Å².